The molecule has 4 nitrogen and oxygen atoms in total. The minimum absolute atomic E-state index is 0. The van der Waals surface area contributed by atoms with Gasteiger partial charge in [-0.25, -0.2) is 0 Å². The molecule has 0 fully saturated rings. The number of hydrogen-bond acceptors (Lipinski definition) is 3. The first-order chi connectivity index (χ1) is 7.08. The highest BCUT2D eigenvalue weighted by Gasteiger charge is 2.21. The van der Waals surface area contributed by atoms with Crippen molar-refractivity contribution in [1.82, 2.24) is 4.90 Å². The third-order valence-electron chi connectivity index (χ3n) is 3.09. The van der Waals surface area contributed by atoms with Gasteiger partial charge in [0.1, 0.15) is 0 Å². The predicted octanol–water partition coefficient (Wildman–Crippen LogP) is 2.39. The van der Waals surface area contributed by atoms with Gasteiger partial charge < -0.3 is 0 Å². The van der Waals surface area contributed by atoms with Crippen molar-refractivity contribution in [3.63, 3.8) is 0 Å². The number of nitrogens with zero attached hydrogens (tertiary/aromatic N) is 2. The highest BCUT2D eigenvalue weighted by Crippen LogP contribution is 2.25. The zero-order chi connectivity index (χ0) is 11.0. The topological polar surface area (TPSA) is 46.4 Å². The molecule has 0 aliphatic carbocycles. The zero-order valence-corrected chi connectivity index (χ0v) is 10.2. The number of hydrogen-bond donors (Lipinski definition) is 0. The van der Waals surface area contributed by atoms with Crippen molar-refractivity contribution in [3.8, 4) is 0 Å². The summed E-state index contributed by atoms with van der Waals surface area (Å²) in [6.45, 7) is 2.97. The van der Waals surface area contributed by atoms with Gasteiger partial charge in [0.05, 0.1) is 4.92 Å². The molecule has 1 aliphatic rings. The van der Waals surface area contributed by atoms with Crippen LogP contribution in [0, 0.1) is 10.1 Å². The van der Waals surface area contributed by atoms with Gasteiger partial charge in [0.25, 0.3) is 5.69 Å². The van der Waals surface area contributed by atoms with Gasteiger partial charge in [-0.2, -0.15) is 0 Å². The van der Waals surface area contributed by atoms with E-state index in [1.165, 1.54) is 5.56 Å². The van der Waals surface area contributed by atoms with E-state index in [1.54, 1.807) is 12.1 Å². The van der Waals surface area contributed by atoms with Crippen molar-refractivity contribution in [2.75, 3.05) is 7.05 Å². The molecule has 0 amide bonds. The summed E-state index contributed by atoms with van der Waals surface area (Å²) in [6.07, 6.45) is 0.976. The van der Waals surface area contributed by atoms with Crippen molar-refractivity contribution < 1.29 is 4.92 Å². The minimum atomic E-state index is -0.335. The Morgan fingerprint density at radius 2 is 2.12 bits per heavy atom. The Labute approximate surface area is 101 Å². The fourth-order valence-electron chi connectivity index (χ4n) is 1.97. The van der Waals surface area contributed by atoms with Gasteiger partial charge in [-0.15, -0.1) is 12.4 Å². The van der Waals surface area contributed by atoms with E-state index in [0.29, 0.717) is 6.04 Å². The first-order valence-electron chi connectivity index (χ1n) is 5.04. The molecule has 5 heteroatoms. The van der Waals surface area contributed by atoms with Crippen LogP contribution in [0.5, 0.6) is 0 Å². The molecular formula is C11H15ClN2O2. The van der Waals surface area contributed by atoms with E-state index in [4.69, 9.17) is 0 Å². The lowest BCUT2D eigenvalue weighted by Gasteiger charge is -2.31. The van der Waals surface area contributed by atoms with Crippen LogP contribution in [0.1, 0.15) is 18.1 Å². The average Bonchev–Trinajstić information content (AvgIpc) is 2.19. The summed E-state index contributed by atoms with van der Waals surface area (Å²) < 4.78 is 0. The lowest BCUT2D eigenvalue weighted by atomic mass is 9.95. The largest absolute Gasteiger partial charge is 0.299 e. The third-order valence-corrected chi connectivity index (χ3v) is 3.09. The van der Waals surface area contributed by atoms with Crippen LogP contribution in [0.4, 0.5) is 5.69 Å². The highest BCUT2D eigenvalue weighted by atomic mass is 35.5. The number of nitro groups is 1. The minimum Gasteiger partial charge on any atom is -0.299 e. The monoisotopic (exact) mass is 242 g/mol. The Balaban J connectivity index is 0.00000128. The van der Waals surface area contributed by atoms with Crippen molar-refractivity contribution in [2.45, 2.75) is 25.9 Å². The number of rotatable bonds is 1. The average molecular weight is 243 g/mol. The summed E-state index contributed by atoms with van der Waals surface area (Å²) >= 11 is 0. The molecule has 0 aromatic heterocycles. The van der Waals surface area contributed by atoms with E-state index >= 15 is 0 Å². The molecule has 16 heavy (non-hydrogen) atoms. The Morgan fingerprint density at radius 1 is 1.44 bits per heavy atom. The van der Waals surface area contributed by atoms with E-state index in [9.17, 15) is 10.1 Å². The Bertz CT molecular complexity index is 409. The molecule has 1 aromatic carbocycles. The van der Waals surface area contributed by atoms with Crippen LogP contribution in [0.2, 0.25) is 0 Å². The number of fused-ring (bicyclic) bond motifs is 1. The highest BCUT2D eigenvalue weighted by molar-refractivity contribution is 5.85. The molecule has 1 heterocycles. The molecule has 1 aliphatic heterocycles. The van der Waals surface area contributed by atoms with Crippen molar-refractivity contribution in [2.24, 2.45) is 0 Å². The SMILES string of the molecule is CC1Cc2ccc([N+](=O)[O-])cc2CN1C.Cl. The van der Waals surface area contributed by atoms with Crippen molar-refractivity contribution in [3.05, 3.63) is 39.4 Å². The molecule has 0 radical (unpaired) electrons. The normalized spacial score (nSPS) is 19.8. The predicted molar refractivity (Wildman–Crippen MR) is 65.0 cm³/mol. The molecule has 0 N–H and O–H groups in total. The van der Waals surface area contributed by atoms with Crippen LogP contribution in [0.3, 0.4) is 0 Å². The van der Waals surface area contributed by atoms with Crippen LogP contribution in [-0.4, -0.2) is 22.9 Å². The van der Waals surface area contributed by atoms with Gasteiger partial charge >= 0.3 is 0 Å². The molecular weight excluding hydrogens is 228 g/mol. The molecule has 1 unspecified atom stereocenters. The van der Waals surface area contributed by atoms with E-state index in [0.717, 1.165) is 18.5 Å². The summed E-state index contributed by atoms with van der Waals surface area (Å²) in [5.41, 5.74) is 2.52. The fourth-order valence-corrected chi connectivity index (χ4v) is 1.97. The van der Waals surface area contributed by atoms with Gasteiger partial charge in [0, 0.05) is 24.7 Å². The number of likely N-dealkylation sites (N-methyl/N-ethyl adjacent to an activating group) is 1. The maximum atomic E-state index is 10.6. The molecule has 0 saturated carbocycles. The number of nitro benzene ring substituents is 1. The van der Waals surface area contributed by atoms with Gasteiger partial charge in [0.15, 0.2) is 0 Å². The first kappa shape index (κ1) is 12.9. The number of non-ortho nitro benzene ring substituents is 1. The van der Waals surface area contributed by atoms with Crippen LogP contribution >= 0.6 is 12.4 Å². The van der Waals surface area contributed by atoms with Crippen LogP contribution in [0.25, 0.3) is 0 Å². The van der Waals surface area contributed by atoms with Crippen LogP contribution < -0.4 is 0 Å². The molecule has 1 aromatic rings. The van der Waals surface area contributed by atoms with Crippen molar-refractivity contribution in [1.29, 1.82) is 0 Å². The summed E-state index contributed by atoms with van der Waals surface area (Å²) in [4.78, 5) is 12.5. The zero-order valence-electron chi connectivity index (χ0n) is 9.34. The quantitative estimate of drug-likeness (QED) is 0.561. The lowest BCUT2D eigenvalue weighted by Crippen LogP contribution is -2.34. The molecule has 0 spiro atoms. The second-order valence-corrected chi connectivity index (χ2v) is 4.18. The Kier molecular flexibility index (Phi) is 3.88. The van der Waals surface area contributed by atoms with Crippen molar-refractivity contribution >= 4 is 18.1 Å². The second kappa shape index (κ2) is 4.80. The maximum Gasteiger partial charge on any atom is 0.269 e. The number of halogens is 1. The van der Waals surface area contributed by atoms with Gasteiger partial charge in [-0.05, 0) is 31.5 Å². The molecule has 0 bridgehead atoms. The first-order valence-corrected chi connectivity index (χ1v) is 5.04. The Morgan fingerprint density at radius 3 is 2.75 bits per heavy atom. The maximum absolute atomic E-state index is 10.6. The fraction of sp³-hybridized carbons (Fsp3) is 0.455. The van der Waals surface area contributed by atoms with E-state index in [2.05, 4.69) is 11.8 Å². The summed E-state index contributed by atoms with van der Waals surface area (Å²) in [5.74, 6) is 0. The third kappa shape index (κ3) is 2.33. The summed E-state index contributed by atoms with van der Waals surface area (Å²) in [7, 11) is 2.05. The van der Waals surface area contributed by atoms with Gasteiger partial charge in [0.2, 0.25) is 0 Å². The lowest BCUT2D eigenvalue weighted by molar-refractivity contribution is -0.385. The van der Waals surface area contributed by atoms with Crippen LogP contribution in [0.15, 0.2) is 18.2 Å². The molecule has 2 rings (SSSR count). The summed E-state index contributed by atoms with van der Waals surface area (Å²) in [6, 6.07) is 5.69. The second-order valence-electron chi connectivity index (χ2n) is 4.18. The molecule has 88 valence electrons. The Hall–Kier alpha value is -1.13. The molecule has 0 saturated heterocycles. The van der Waals surface area contributed by atoms with Crippen LogP contribution in [-0.2, 0) is 13.0 Å². The van der Waals surface area contributed by atoms with E-state index in [1.807, 2.05) is 13.1 Å². The number of benzene rings is 1. The smallest absolute Gasteiger partial charge is 0.269 e. The van der Waals surface area contributed by atoms with E-state index < -0.39 is 0 Å². The summed E-state index contributed by atoms with van der Waals surface area (Å²) in [5, 5.41) is 10.6. The molecule has 1 atom stereocenters. The van der Waals surface area contributed by atoms with Gasteiger partial charge in [-0.1, -0.05) is 6.07 Å². The van der Waals surface area contributed by atoms with E-state index in [-0.39, 0.29) is 23.0 Å². The standard InChI is InChI=1S/C11H14N2O2.ClH/c1-8-5-9-3-4-11(13(14)15)6-10(9)7-12(8)2;/h3-4,6,8H,5,7H2,1-2H3;1H. The van der Waals surface area contributed by atoms with Gasteiger partial charge in [-0.3, -0.25) is 15.0 Å².